The van der Waals surface area contributed by atoms with Crippen molar-refractivity contribution in [2.75, 3.05) is 14.7 Å². The molecule has 2 aromatic heterocycles. The maximum absolute atomic E-state index is 6.73. The summed E-state index contributed by atoms with van der Waals surface area (Å²) in [5.74, 6) is 0. The van der Waals surface area contributed by atoms with Gasteiger partial charge >= 0.3 is 0 Å². The van der Waals surface area contributed by atoms with Gasteiger partial charge in [0.25, 0.3) is 0 Å². The highest BCUT2D eigenvalue weighted by atomic mass is 16.3. The molecule has 67 heavy (non-hydrogen) atoms. The van der Waals surface area contributed by atoms with Crippen LogP contribution in [0.3, 0.4) is 0 Å². The van der Waals surface area contributed by atoms with E-state index in [1.165, 1.54) is 5.39 Å². The lowest BCUT2D eigenvalue weighted by Crippen LogP contribution is -2.13. The predicted molar refractivity (Wildman–Crippen MR) is 280 cm³/mol. The molecule has 0 spiro atoms. The smallest absolute Gasteiger partial charge is 0.143 e. The first kappa shape index (κ1) is 38.4. The number of nitrogens with zero attached hydrogens (tertiary/aromatic N) is 3. The van der Waals surface area contributed by atoms with E-state index in [-0.39, 0.29) is 0 Å². The zero-order valence-corrected chi connectivity index (χ0v) is 36.3. The van der Waals surface area contributed by atoms with Gasteiger partial charge in [-0.15, -0.1) is 0 Å². The van der Waals surface area contributed by atoms with Gasteiger partial charge in [0.1, 0.15) is 22.3 Å². The lowest BCUT2D eigenvalue weighted by atomic mass is 9.96. The number of anilines is 9. The minimum Gasteiger partial charge on any atom is -0.456 e. The Morgan fingerprint density at radius 2 is 0.612 bits per heavy atom. The van der Waals surface area contributed by atoms with Gasteiger partial charge in [-0.1, -0.05) is 127 Å². The van der Waals surface area contributed by atoms with Crippen molar-refractivity contribution in [3.8, 4) is 0 Å². The molecule has 0 saturated carbocycles. The van der Waals surface area contributed by atoms with Gasteiger partial charge in [-0.2, -0.15) is 0 Å². The summed E-state index contributed by atoms with van der Waals surface area (Å²) >= 11 is 0. The maximum atomic E-state index is 6.73. The molecule has 0 unspecified atom stereocenters. The van der Waals surface area contributed by atoms with Crippen molar-refractivity contribution in [1.29, 1.82) is 0 Å². The second-order valence-electron chi connectivity index (χ2n) is 16.9. The van der Waals surface area contributed by atoms with Crippen LogP contribution in [-0.2, 0) is 0 Å². The molecule has 0 fully saturated rings. The molecule has 13 rings (SSSR count). The van der Waals surface area contributed by atoms with Crippen LogP contribution in [-0.4, -0.2) is 0 Å². The van der Waals surface area contributed by atoms with Crippen molar-refractivity contribution in [1.82, 2.24) is 0 Å². The van der Waals surface area contributed by atoms with Crippen LogP contribution in [0.1, 0.15) is 0 Å². The molecular formula is C62H41N3O2. The molecule has 0 aliphatic rings. The number of para-hydroxylation sites is 5. The van der Waals surface area contributed by atoms with E-state index in [0.717, 1.165) is 111 Å². The quantitative estimate of drug-likeness (QED) is 0.135. The molecule has 0 N–H and O–H groups in total. The van der Waals surface area contributed by atoms with Crippen LogP contribution in [0.15, 0.2) is 258 Å². The number of rotatable bonds is 9. The molecule has 0 bridgehead atoms. The SMILES string of the molecule is c1ccc(N(c2ccccc2)c2cccc(N(c3ccc4oc5cc(N(c6ccccc6)c6ccccc6)ccc5c4c3)c3ccc4c5ccccc5c5oc6ccccc6c5c4c3)c2)cc1. The Morgan fingerprint density at radius 3 is 1.21 bits per heavy atom. The first-order valence-electron chi connectivity index (χ1n) is 22.7. The highest BCUT2D eigenvalue weighted by Crippen LogP contribution is 2.47. The van der Waals surface area contributed by atoms with Crippen LogP contribution in [0.5, 0.6) is 0 Å². The monoisotopic (exact) mass is 859 g/mol. The summed E-state index contributed by atoms with van der Waals surface area (Å²) in [6.07, 6.45) is 0. The van der Waals surface area contributed by atoms with Gasteiger partial charge in [-0.3, -0.25) is 0 Å². The minimum absolute atomic E-state index is 0.822. The highest BCUT2D eigenvalue weighted by molar-refractivity contribution is 6.30. The molecule has 13 aromatic rings. The van der Waals surface area contributed by atoms with Gasteiger partial charge in [0.15, 0.2) is 0 Å². The molecule has 2 heterocycles. The second-order valence-corrected chi connectivity index (χ2v) is 16.9. The lowest BCUT2D eigenvalue weighted by Gasteiger charge is -2.29. The summed E-state index contributed by atoms with van der Waals surface area (Å²) in [4.78, 5) is 6.96. The van der Waals surface area contributed by atoms with Crippen LogP contribution >= 0.6 is 0 Å². The van der Waals surface area contributed by atoms with Crippen LogP contribution in [0.2, 0.25) is 0 Å². The van der Waals surface area contributed by atoms with E-state index in [1.54, 1.807) is 0 Å². The van der Waals surface area contributed by atoms with Crippen molar-refractivity contribution in [3.63, 3.8) is 0 Å². The van der Waals surface area contributed by atoms with E-state index in [0.29, 0.717) is 0 Å². The number of furan rings is 2. The molecule has 0 radical (unpaired) electrons. The maximum Gasteiger partial charge on any atom is 0.143 e. The molecule has 5 heteroatoms. The number of fused-ring (bicyclic) bond motifs is 11. The molecular weight excluding hydrogens is 819 g/mol. The Labute approximate surface area is 387 Å². The fourth-order valence-corrected chi connectivity index (χ4v) is 9.98. The zero-order valence-electron chi connectivity index (χ0n) is 36.3. The molecule has 5 nitrogen and oxygen atoms in total. The van der Waals surface area contributed by atoms with Gasteiger partial charge in [0.2, 0.25) is 0 Å². The fourth-order valence-electron chi connectivity index (χ4n) is 9.98. The van der Waals surface area contributed by atoms with E-state index in [4.69, 9.17) is 8.83 Å². The standard InChI is InChI=1S/C62H41N3O2/c1-5-18-42(19-6-1)63(43-20-7-2-8-21-43)46-26-17-27-47(38-46)65(48-32-35-52-51-28-13-14-29-54(51)62-61(57(52)40-48)55-30-15-16-31-58(55)67-62)49-34-37-59-56(39-49)53-36-33-50(41-60(53)66-59)64(44-22-9-3-10-23-44)45-24-11-4-12-25-45/h1-41H. The van der Waals surface area contributed by atoms with E-state index in [1.807, 2.05) is 6.07 Å². The molecule has 316 valence electrons. The van der Waals surface area contributed by atoms with Gasteiger partial charge in [0.05, 0.1) is 0 Å². The summed E-state index contributed by atoms with van der Waals surface area (Å²) in [5.41, 5.74) is 12.8. The normalized spacial score (nSPS) is 11.6. The van der Waals surface area contributed by atoms with Crippen LogP contribution in [0, 0.1) is 0 Å². The number of hydrogen-bond donors (Lipinski definition) is 0. The number of benzene rings is 11. The van der Waals surface area contributed by atoms with Gasteiger partial charge in [-0.05, 0) is 131 Å². The molecule has 11 aromatic carbocycles. The summed E-state index contributed by atoms with van der Waals surface area (Å²) in [6, 6.07) is 87.9. The summed E-state index contributed by atoms with van der Waals surface area (Å²) < 4.78 is 13.4. The Kier molecular flexibility index (Phi) is 9.10. The average Bonchev–Trinajstić information content (AvgIpc) is 3.97. The lowest BCUT2D eigenvalue weighted by molar-refractivity contribution is 0.669. The average molecular weight is 860 g/mol. The van der Waals surface area contributed by atoms with Crippen molar-refractivity contribution < 1.29 is 8.83 Å². The molecule has 0 amide bonds. The number of hydrogen-bond acceptors (Lipinski definition) is 5. The van der Waals surface area contributed by atoms with E-state index in [2.05, 4.69) is 257 Å². The van der Waals surface area contributed by atoms with Gasteiger partial charge in [0, 0.05) is 84.2 Å². The first-order valence-corrected chi connectivity index (χ1v) is 22.7. The minimum atomic E-state index is 0.822. The van der Waals surface area contributed by atoms with E-state index < -0.39 is 0 Å². The van der Waals surface area contributed by atoms with Crippen molar-refractivity contribution in [3.05, 3.63) is 249 Å². The van der Waals surface area contributed by atoms with E-state index in [9.17, 15) is 0 Å². The fraction of sp³-hybridized carbons (Fsp3) is 0. The Morgan fingerprint density at radius 1 is 0.209 bits per heavy atom. The summed E-state index contributed by atoms with van der Waals surface area (Å²) in [6.45, 7) is 0. The summed E-state index contributed by atoms with van der Waals surface area (Å²) in [5, 5.41) is 8.89. The third-order valence-electron chi connectivity index (χ3n) is 12.9. The first-order chi connectivity index (χ1) is 33.2. The Hall–Kier alpha value is -9.06. The third kappa shape index (κ3) is 6.55. The van der Waals surface area contributed by atoms with Crippen molar-refractivity contribution in [2.45, 2.75) is 0 Å². The molecule has 0 aliphatic carbocycles. The highest BCUT2D eigenvalue weighted by Gasteiger charge is 2.22. The largest absolute Gasteiger partial charge is 0.456 e. The molecule has 0 saturated heterocycles. The second kappa shape index (κ2) is 15.9. The topological polar surface area (TPSA) is 36.0 Å². The van der Waals surface area contributed by atoms with Crippen molar-refractivity contribution in [2.24, 2.45) is 0 Å². The zero-order chi connectivity index (χ0) is 44.3. The third-order valence-corrected chi connectivity index (χ3v) is 12.9. The van der Waals surface area contributed by atoms with Crippen LogP contribution < -0.4 is 14.7 Å². The Bertz CT molecular complexity index is 3860. The Balaban J connectivity index is 1.02. The molecule has 0 aliphatic heterocycles. The van der Waals surface area contributed by atoms with E-state index >= 15 is 0 Å². The van der Waals surface area contributed by atoms with Gasteiger partial charge < -0.3 is 23.5 Å². The molecule has 0 atom stereocenters. The van der Waals surface area contributed by atoms with Crippen molar-refractivity contribution >= 4 is 117 Å². The van der Waals surface area contributed by atoms with Crippen LogP contribution in [0.25, 0.3) is 65.4 Å². The summed E-state index contributed by atoms with van der Waals surface area (Å²) in [7, 11) is 0. The van der Waals surface area contributed by atoms with Crippen LogP contribution in [0.4, 0.5) is 51.2 Å². The predicted octanol–water partition coefficient (Wildman–Crippen LogP) is 18.2. The van der Waals surface area contributed by atoms with Gasteiger partial charge in [-0.25, -0.2) is 0 Å².